The zero-order chi connectivity index (χ0) is 23.1. The first kappa shape index (κ1) is 23.7. The van der Waals surface area contributed by atoms with Gasteiger partial charge in [0.15, 0.2) is 11.4 Å². The average Bonchev–Trinajstić information content (AvgIpc) is 3.06. The molecule has 0 atom stereocenters. The number of nitrogens with one attached hydrogen (secondary N) is 1. The van der Waals surface area contributed by atoms with Crippen LogP contribution in [0.2, 0.25) is 5.02 Å². The lowest BCUT2D eigenvalue weighted by Gasteiger charge is -2.07. The van der Waals surface area contributed by atoms with Gasteiger partial charge in [-0.1, -0.05) is 62.8 Å². The SMILES string of the molecule is CCCCCCCCNC(=O)Cn1c(=O)oc2cc(C(=O)c3ccccc3F)c(Cl)cc21. The van der Waals surface area contributed by atoms with E-state index < -0.39 is 17.4 Å². The number of hydrogen-bond acceptors (Lipinski definition) is 4. The van der Waals surface area contributed by atoms with Gasteiger partial charge in [0.05, 0.1) is 16.1 Å². The first-order chi connectivity index (χ1) is 15.4. The maximum Gasteiger partial charge on any atom is 0.420 e. The molecule has 0 spiro atoms. The van der Waals surface area contributed by atoms with E-state index in [0.717, 1.165) is 23.8 Å². The highest BCUT2D eigenvalue weighted by Crippen LogP contribution is 2.26. The van der Waals surface area contributed by atoms with Crippen molar-refractivity contribution in [2.45, 2.75) is 52.0 Å². The molecule has 1 amide bonds. The fourth-order valence-electron chi connectivity index (χ4n) is 3.53. The molecule has 32 heavy (non-hydrogen) atoms. The van der Waals surface area contributed by atoms with Crippen LogP contribution in [0.3, 0.4) is 0 Å². The van der Waals surface area contributed by atoms with E-state index in [-0.39, 0.29) is 34.2 Å². The van der Waals surface area contributed by atoms with Gasteiger partial charge in [0, 0.05) is 12.1 Å². The van der Waals surface area contributed by atoms with Crippen molar-refractivity contribution >= 4 is 34.4 Å². The van der Waals surface area contributed by atoms with Crippen molar-refractivity contribution in [3.8, 4) is 0 Å². The van der Waals surface area contributed by atoms with Gasteiger partial charge in [-0.2, -0.15) is 0 Å². The summed E-state index contributed by atoms with van der Waals surface area (Å²) in [5.74, 6) is -2.34. The van der Waals surface area contributed by atoms with Crippen molar-refractivity contribution in [2.24, 2.45) is 0 Å². The van der Waals surface area contributed by atoms with E-state index in [9.17, 15) is 18.8 Å². The number of carbonyl (C=O) groups excluding carboxylic acids is 2. The topological polar surface area (TPSA) is 81.3 Å². The van der Waals surface area contributed by atoms with Gasteiger partial charge in [0.2, 0.25) is 5.91 Å². The van der Waals surface area contributed by atoms with Gasteiger partial charge < -0.3 is 9.73 Å². The van der Waals surface area contributed by atoms with Crippen LogP contribution in [0.5, 0.6) is 0 Å². The van der Waals surface area contributed by atoms with Gasteiger partial charge in [-0.3, -0.25) is 14.2 Å². The van der Waals surface area contributed by atoms with Crippen molar-refractivity contribution in [1.82, 2.24) is 9.88 Å². The normalized spacial score (nSPS) is 11.1. The van der Waals surface area contributed by atoms with Crippen molar-refractivity contribution in [3.05, 3.63) is 68.9 Å². The van der Waals surface area contributed by atoms with Crippen LogP contribution in [0.1, 0.15) is 61.4 Å². The summed E-state index contributed by atoms with van der Waals surface area (Å²) in [4.78, 5) is 37.3. The number of carbonyl (C=O) groups is 2. The number of rotatable bonds is 11. The summed E-state index contributed by atoms with van der Waals surface area (Å²) in [7, 11) is 0. The maximum absolute atomic E-state index is 14.0. The summed E-state index contributed by atoms with van der Waals surface area (Å²) in [6, 6.07) is 8.25. The highest BCUT2D eigenvalue weighted by Gasteiger charge is 2.21. The van der Waals surface area contributed by atoms with Crippen LogP contribution in [-0.4, -0.2) is 22.8 Å². The number of ketones is 1. The zero-order valence-electron chi connectivity index (χ0n) is 18.0. The number of aromatic nitrogens is 1. The van der Waals surface area contributed by atoms with E-state index in [1.807, 2.05) is 0 Å². The first-order valence-corrected chi connectivity index (χ1v) is 11.2. The molecule has 0 bridgehead atoms. The van der Waals surface area contributed by atoms with Gasteiger partial charge in [-0.25, -0.2) is 9.18 Å². The molecule has 0 saturated heterocycles. The molecule has 8 heteroatoms. The standard InChI is InChI=1S/C24H26ClFN2O4/c1-2-3-4-5-6-9-12-27-22(29)15-28-20-14-18(25)17(13-21(20)32-24(28)31)23(30)16-10-7-8-11-19(16)26/h7-8,10-11,13-14H,2-6,9,12,15H2,1H3,(H,27,29). The van der Waals surface area contributed by atoms with Crippen LogP contribution in [0.4, 0.5) is 4.39 Å². The van der Waals surface area contributed by atoms with Crippen LogP contribution < -0.4 is 11.1 Å². The monoisotopic (exact) mass is 460 g/mol. The van der Waals surface area contributed by atoms with E-state index in [2.05, 4.69) is 12.2 Å². The summed E-state index contributed by atoms with van der Waals surface area (Å²) >= 11 is 6.27. The molecule has 1 aromatic heterocycles. The van der Waals surface area contributed by atoms with Gasteiger partial charge in [-0.05, 0) is 30.7 Å². The lowest BCUT2D eigenvalue weighted by Crippen LogP contribution is -2.31. The van der Waals surface area contributed by atoms with E-state index in [1.54, 1.807) is 6.07 Å². The zero-order valence-corrected chi connectivity index (χ0v) is 18.7. The van der Waals surface area contributed by atoms with Crippen molar-refractivity contribution < 1.29 is 18.4 Å². The van der Waals surface area contributed by atoms with Crippen LogP contribution in [0.25, 0.3) is 11.1 Å². The highest BCUT2D eigenvalue weighted by atomic mass is 35.5. The van der Waals surface area contributed by atoms with Crippen LogP contribution in [-0.2, 0) is 11.3 Å². The van der Waals surface area contributed by atoms with Gasteiger partial charge >= 0.3 is 5.76 Å². The third-order valence-corrected chi connectivity index (χ3v) is 5.59. The molecule has 3 aromatic rings. The molecular formula is C24H26ClFN2O4. The minimum absolute atomic E-state index is 0.0118. The average molecular weight is 461 g/mol. The van der Waals surface area contributed by atoms with Crippen LogP contribution in [0.15, 0.2) is 45.6 Å². The molecule has 1 heterocycles. The molecule has 0 aliphatic rings. The molecule has 0 aliphatic heterocycles. The number of amides is 1. The van der Waals surface area contributed by atoms with Crippen molar-refractivity contribution in [3.63, 3.8) is 0 Å². The molecular weight excluding hydrogens is 435 g/mol. The largest absolute Gasteiger partial charge is 0.420 e. The fraction of sp³-hybridized carbons (Fsp3) is 0.375. The Hall–Kier alpha value is -2.93. The summed E-state index contributed by atoms with van der Waals surface area (Å²) in [6.45, 7) is 2.48. The van der Waals surface area contributed by atoms with Gasteiger partial charge in [-0.15, -0.1) is 0 Å². The molecule has 0 aliphatic carbocycles. The molecule has 6 nitrogen and oxygen atoms in total. The number of fused-ring (bicyclic) bond motifs is 1. The highest BCUT2D eigenvalue weighted by molar-refractivity contribution is 6.35. The summed E-state index contributed by atoms with van der Waals surface area (Å²) in [5.41, 5.74) is 0.268. The third kappa shape index (κ3) is 5.65. The van der Waals surface area contributed by atoms with Crippen LogP contribution in [0, 0.1) is 5.82 Å². The van der Waals surface area contributed by atoms with E-state index in [1.165, 1.54) is 49.6 Å². The Labute approximate surface area is 190 Å². The van der Waals surface area contributed by atoms with Gasteiger partial charge in [0.1, 0.15) is 12.4 Å². The van der Waals surface area contributed by atoms with Crippen LogP contribution >= 0.6 is 11.6 Å². The quantitative estimate of drug-likeness (QED) is 0.319. The smallest absolute Gasteiger partial charge is 0.408 e. The molecule has 2 aromatic carbocycles. The first-order valence-electron chi connectivity index (χ1n) is 10.8. The second-order valence-electron chi connectivity index (χ2n) is 7.68. The van der Waals surface area contributed by atoms with Gasteiger partial charge in [0.25, 0.3) is 0 Å². The number of unbranched alkanes of at least 4 members (excludes halogenated alkanes) is 5. The molecule has 170 valence electrons. The second kappa shape index (κ2) is 11.1. The van der Waals surface area contributed by atoms with E-state index >= 15 is 0 Å². The van der Waals surface area contributed by atoms with E-state index in [0.29, 0.717) is 12.1 Å². The molecule has 0 fully saturated rings. The van der Waals surface area contributed by atoms with Crippen molar-refractivity contribution in [2.75, 3.05) is 6.54 Å². The Balaban J connectivity index is 1.70. The predicted molar refractivity (Wildman–Crippen MR) is 122 cm³/mol. The molecule has 0 unspecified atom stereocenters. The Morgan fingerprint density at radius 1 is 1.06 bits per heavy atom. The fourth-order valence-corrected chi connectivity index (χ4v) is 3.77. The molecule has 1 N–H and O–H groups in total. The third-order valence-electron chi connectivity index (χ3n) is 5.27. The Bertz CT molecular complexity index is 1170. The number of oxazole rings is 1. The Morgan fingerprint density at radius 3 is 2.53 bits per heavy atom. The molecule has 3 rings (SSSR count). The Morgan fingerprint density at radius 2 is 1.78 bits per heavy atom. The minimum atomic E-state index is -0.735. The minimum Gasteiger partial charge on any atom is -0.408 e. The summed E-state index contributed by atoms with van der Waals surface area (Å²) in [5, 5.41) is 2.84. The summed E-state index contributed by atoms with van der Waals surface area (Å²) < 4.78 is 20.4. The maximum atomic E-state index is 14.0. The predicted octanol–water partition coefficient (Wildman–Crippen LogP) is 5.09. The lowest BCUT2D eigenvalue weighted by molar-refractivity contribution is -0.121. The molecule has 0 saturated carbocycles. The number of halogens is 2. The number of benzene rings is 2. The molecule has 0 radical (unpaired) electrons. The summed E-state index contributed by atoms with van der Waals surface area (Å²) in [6.07, 6.45) is 6.67. The number of nitrogens with zero attached hydrogens (tertiary/aromatic N) is 1. The second-order valence-corrected chi connectivity index (χ2v) is 8.09. The lowest BCUT2D eigenvalue weighted by atomic mass is 10.0. The van der Waals surface area contributed by atoms with Crippen molar-refractivity contribution in [1.29, 1.82) is 0 Å². The Kier molecular flexibility index (Phi) is 8.22. The van der Waals surface area contributed by atoms with E-state index in [4.69, 9.17) is 16.0 Å². The number of hydrogen-bond donors (Lipinski definition) is 1.